The summed E-state index contributed by atoms with van der Waals surface area (Å²) in [5.41, 5.74) is 1.13. The fraction of sp³-hybridized carbons (Fsp3) is 0.438. The second-order valence-electron chi connectivity index (χ2n) is 5.31. The molecule has 0 saturated carbocycles. The number of hydrogen-bond donors (Lipinski definition) is 1. The first-order chi connectivity index (χ1) is 10.7. The molecule has 1 atom stereocenters. The van der Waals surface area contributed by atoms with Crippen molar-refractivity contribution in [3.8, 4) is 0 Å². The van der Waals surface area contributed by atoms with E-state index in [1.807, 2.05) is 6.92 Å². The Bertz CT molecular complexity index is 742. The van der Waals surface area contributed by atoms with Crippen LogP contribution in [-0.2, 0) is 4.74 Å². The molecule has 118 valence electrons. The topological polar surface area (TPSA) is 56.4 Å². The van der Waals surface area contributed by atoms with E-state index in [9.17, 15) is 9.18 Å². The minimum Gasteiger partial charge on any atom is -0.501 e. The molecule has 1 saturated heterocycles. The summed E-state index contributed by atoms with van der Waals surface area (Å²) < 4.78 is 26.2. The van der Waals surface area contributed by atoms with Crippen LogP contribution in [0.1, 0.15) is 31.4 Å². The summed E-state index contributed by atoms with van der Waals surface area (Å²) in [5, 5.41) is 3.23. The second-order valence-corrected chi connectivity index (χ2v) is 5.31. The minimum atomic E-state index is -0.514. The first-order valence-corrected chi connectivity index (χ1v) is 7.54. The lowest BCUT2D eigenvalue weighted by Crippen LogP contribution is -2.35. The molecular weight excluding hydrogens is 287 g/mol. The Hall–Kier alpha value is -2.08. The highest BCUT2D eigenvalue weighted by atomic mass is 19.1. The highest BCUT2D eigenvalue weighted by Crippen LogP contribution is 2.27. The van der Waals surface area contributed by atoms with Crippen molar-refractivity contribution in [2.75, 3.05) is 19.7 Å². The van der Waals surface area contributed by atoms with Crippen molar-refractivity contribution in [2.24, 2.45) is 0 Å². The van der Waals surface area contributed by atoms with E-state index in [1.54, 1.807) is 12.1 Å². The number of piperidine rings is 1. The summed E-state index contributed by atoms with van der Waals surface area (Å²) in [4.78, 5) is 12.2. The van der Waals surface area contributed by atoms with E-state index in [0.717, 1.165) is 19.4 Å². The van der Waals surface area contributed by atoms with E-state index < -0.39 is 11.6 Å². The van der Waals surface area contributed by atoms with Gasteiger partial charge < -0.3 is 14.5 Å². The van der Waals surface area contributed by atoms with Crippen molar-refractivity contribution in [1.82, 2.24) is 9.88 Å². The van der Waals surface area contributed by atoms with Crippen molar-refractivity contribution in [2.45, 2.75) is 25.8 Å². The molecule has 0 radical (unpaired) electrons. The molecule has 0 aliphatic carbocycles. The van der Waals surface area contributed by atoms with Gasteiger partial charge in [-0.1, -0.05) is 0 Å². The van der Waals surface area contributed by atoms with Gasteiger partial charge in [-0.3, -0.25) is 4.57 Å². The summed E-state index contributed by atoms with van der Waals surface area (Å²) in [6, 6.07) is 2.86. The van der Waals surface area contributed by atoms with E-state index in [4.69, 9.17) is 9.15 Å². The fourth-order valence-corrected chi connectivity index (χ4v) is 2.86. The Labute approximate surface area is 127 Å². The molecule has 1 unspecified atom stereocenters. The molecule has 1 aliphatic heterocycles. The fourth-order valence-electron chi connectivity index (χ4n) is 2.86. The SMILES string of the molecule is CCO/C=C/c1ccc(F)c2c1oc(=O)n2C1CCCNC1. The maximum Gasteiger partial charge on any atom is 0.420 e. The van der Waals surface area contributed by atoms with Crippen molar-refractivity contribution in [3.63, 3.8) is 0 Å². The molecule has 0 bridgehead atoms. The third kappa shape index (κ3) is 2.66. The molecule has 1 N–H and O–H groups in total. The zero-order chi connectivity index (χ0) is 15.5. The highest BCUT2D eigenvalue weighted by molar-refractivity contribution is 5.83. The molecule has 6 heteroatoms. The number of oxazole rings is 1. The molecule has 1 fully saturated rings. The maximum absolute atomic E-state index is 14.3. The molecule has 2 aromatic rings. The van der Waals surface area contributed by atoms with Crippen LogP contribution in [0.5, 0.6) is 0 Å². The van der Waals surface area contributed by atoms with Gasteiger partial charge in [0.25, 0.3) is 0 Å². The molecule has 22 heavy (non-hydrogen) atoms. The Kier molecular flexibility index (Phi) is 4.29. The molecule has 0 amide bonds. The molecule has 1 aliphatic rings. The predicted octanol–water partition coefficient (Wildman–Crippen LogP) is 2.67. The lowest BCUT2D eigenvalue weighted by Gasteiger charge is -2.23. The summed E-state index contributed by atoms with van der Waals surface area (Å²) in [7, 11) is 0. The van der Waals surface area contributed by atoms with Crippen molar-refractivity contribution in [1.29, 1.82) is 0 Å². The first kappa shape index (κ1) is 14.8. The number of aromatic nitrogens is 1. The van der Waals surface area contributed by atoms with Crippen LogP contribution in [0.4, 0.5) is 4.39 Å². The first-order valence-electron chi connectivity index (χ1n) is 7.54. The standard InChI is InChI=1S/C16H19FN2O3/c1-2-21-9-7-11-5-6-13(17)14-15(11)22-16(20)19(14)12-4-3-8-18-10-12/h5-7,9,12,18H,2-4,8,10H2,1H3/b9-7+. The third-order valence-electron chi connectivity index (χ3n) is 3.89. The molecule has 1 aromatic carbocycles. The number of halogens is 1. The zero-order valence-corrected chi connectivity index (χ0v) is 12.5. The average Bonchev–Trinajstić information content (AvgIpc) is 2.89. The van der Waals surface area contributed by atoms with Gasteiger partial charge in [-0.2, -0.15) is 0 Å². The van der Waals surface area contributed by atoms with Gasteiger partial charge >= 0.3 is 5.76 Å². The van der Waals surface area contributed by atoms with Gasteiger partial charge in [0, 0.05) is 12.1 Å². The number of benzene rings is 1. The van der Waals surface area contributed by atoms with Crippen molar-refractivity contribution in [3.05, 3.63) is 40.3 Å². The molecule has 0 spiro atoms. The normalized spacial score (nSPS) is 19.1. The number of hydrogen-bond acceptors (Lipinski definition) is 4. The quantitative estimate of drug-likeness (QED) is 0.882. The largest absolute Gasteiger partial charge is 0.501 e. The molecule has 3 rings (SSSR count). The zero-order valence-electron chi connectivity index (χ0n) is 12.5. The molecule has 2 heterocycles. The van der Waals surface area contributed by atoms with Crippen molar-refractivity contribution >= 4 is 17.2 Å². The van der Waals surface area contributed by atoms with E-state index in [2.05, 4.69) is 5.32 Å². The smallest absolute Gasteiger partial charge is 0.420 e. The number of nitrogens with zero attached hydrogens (tertiary/aromatic N) is 1. The second kappa shape index (κ2) is 6.36. The monoisotopic (exact) mass is 306 g/mol. The van der Waals surface area contributed by atoms with E-state index in [-0.39, 0.29) is 17.1 Å². The van der Waals surface area contributed by atoms with Crippen LogP contribution in [0.2, 0.25) is 0 Å². The summed E-state index contributed by atoms with van der Waals surface area (Å²) >= 11 is 0. The van der Waals surface area contributed by atoms with Gasteiger partial charge in [0.15, 0.2) is 11.4 Å². The summed E-state index contributed by atoms with van der Waals surface area (Å²) in [6.07, 6.45) is 4.99. The van der Waals surface area contributed by atoms with E-state index in [1.165, 1.54) is 16.9 Å². The van der Waals surface area contributed by atoms with Crippen LogP contribution in [-0.4, -0.2) is 24.3 Å². The third-order valence-corrected chi connectivity index (χ3v) is 3.89. The van der Waals surface area contributed by atoms with Crippen LogP contribution in [0.3, 0.4) is 0 Å². The van der Waals surface area contributed by atoms with Gasteiger partial charge in [-0.15, -0.1) is 0 Å². The highest BCUT2D eigenvalue weighted by Gasteiger charge is 2.24. The van der Waals surface area contributed by atoms with Gasteiger partial charge in [-0.25, -0.2) is 9.18 Å². The Morgan fingerprint density at radius 1 is 1.55 bits per heavy atom. The lowest BCUT2D eigenvalue weighted by molar-refractivity contribution is 0.272. The van der Waals surface area contributed by atoms with Gasteiger partial charge in [0.2, 0.25) is 0 Å². The van der Waals surface area contributed by atoms with Gasteiger partial charge in [0.1, 0.15) is 5.52 Å². The van der Waals surface area contributed by atoms with Gasteiger partial charge in [0.05, 0.1) is 18.9 Å². The Balaban J connectivity index is 2.11. The van der Waals surface area contributed by atoms with Crippen LogP contribution >= 0.6 is 0 Å². The number of rotatable bonds is 4. The van der Waals surface area contributed by atoms with Crippen LogP contribution in [0.25, 0.3) is 17.2 Å². The number of fused-ring (bicyclic) bond motifs is 1. The van der Waals surface area contributed by atoms with E-state index >= 15 is 0 Å². The maximum atomic E-state index is 14.3. The summed E-state index contributed by atoms with van der Waals surface area (Å²) in [5.74, 6) is -0.958. The molecular formula is C16H19FN2O3. The predicted molar refractivity (Wildman–Crippen MR) is 82.2 cm³/mol. The lowest BCUT2D eigenvalue weighted by atomic mass is 10.1. The van der Waals surface area contributed by atoms with E-state index in [0.29, 0.717) is 18.7 Å². The number of ether oxygens (including phenoxy) is 1. The molecule has 5 nitrogen and oxygen atoms in total. The van der Waals surface area contributed by atoms with Crippen LogP contribution in [0.15, 0.2) is 27.6 Å². The van der Waals surface area contributed by atoms with Gasteiger partial charge in [-0.05, 0) is 44.5 Å². The van der Waals surface area contributed by atoms with Crippen molar-refractivity contribution < 1.29 is 13.5 Å². The summed E-state index contributed by atoms with van der Waals surface area (Å²) in [6.45, 7) is 3.98. The molecule has 1 aromatic heterocycles. The Morgan fingerprint density at radius 2 is 2.41 bits per heavy atom. The van der Waals surface area contributed by atoms with Crippen LogP contribution in [0, 0.1) is 5.82 Å². The average molecular weight is 306 g/mol. The number of nitrogens with one attached hydrogen (secondary N) is 1. The Morgan fingerprint density at radius 3 is 3.14 bits per heavy atom. The van der Waals surface area contributed by atoms with Crippen LogP contribution < -0.4 is 11.1 Å². The minimum absolute atomic E-state index is 0.0804.